The molecule has 3 nitrogen and oxygen atoms in total. The van der Waals surface area contributed by atoms with Gasteiger partial charge >= 0.3 is 0 Å². The van der Waals surface area contributed by atoms with Crippen molar-refractivity contribution in [2.75, 3.05) is 40.0 Å². The van der Waals surface area contributed by atoms with Gasteiger partial charge in [-0.25, -0.2) is 0 Å². The summed E-state index contributed by atoms with van der Waals surface area (Å²) in [5, 5.41) is 3.44. The minimum Gasteiger partial charge on any atom is -0.385 e. The molecule has 0 aliphatic heterocycles. The van der Waals surface area contributed by atoms with E-state index in [0.717, 1.165) is 45.2 Å². The molecule has 0 heterocycles. The van der Waals surface area contributed by atoms with E-state index >= 15 is 0 Å². The molecular weight excluding hydrogens is 214 g/mol. The van der Waals surface area contributed by atoms with Gasteiger partial charge in [-0.1, -0.05) is 25.7 Å². The maximum absolute atomic E-state index is 5.47. The van der Waals surface area contributed by atoms with Crippen molar-refractivity contribution >= 4 is 0 Å². The van der Waals surface area contributed by atoms with Crippen LogP contribution in [0.1, 0.15) is 44.9 Å². The highest BCUT2D eigenvalue weighted by Gasteiger charge is 2.13. The van der Waals surface area contributed by atoms with Crippen LogP contribution in [0.25, 0.3) is 0 Å². The monoisotopic (exact) mass is 243 g/mol. The summed E-state index contributed by atoms with van der Waals surface area (Å²) in [6, 6.07) is 0. The first-order valence-electron chi connectivity index (χ1n) is 7.21. The molecule has 0 radical (unpaired) electrons. The van der Waals surface area contributed by atoms with Crippen molar-refractivity contribution in [2.24, 2.45) is 5.92 Å². The van der Waals surface area contributed by atoms with Gasteiger partial charge in [0.25, 0.3) is 0 Å². The van der Waals surface area contributed by atoms with E-state index in [1.54, 1.807) is 7.11 Å². The second-order valence-corrected chi connectivity index (χ2v) is 5.00. The number of hydrogen-bond acceptors (Lipinski definition) is 3. The number of methoxy groups -OCH3 is 1. The predicted octanol–water partition coefficient (Wildman–Crippen LogP) is 2.60. The third kappa shape index (κ3) is 8.58. The summed E-state index contributed by atoms with van der Waals surface area (Å²) < 4.78 is 10.4. The average Bonchev–Trinajstić information content (AvgIpc) is 2.85. The molecule has 1 N–H and O–H groups in total. The van der Waals surface area contributed by atoms with Crippen LogP contribution >= 0.6 is 0 Å². The Hall–Kier alpha value is -0.120. The molecule has 0 spiro atoms. The van der Waals surface area contributed by atoms with E-state index in [4.69, 9.17) is 9.47 Å². The lowest BCUT2D eigenvalue weighted by molar-refractivity contribution is 0.104. The first kappa shape index (κ1) is 14.9. The van der Waals surface area contributed by atoms with Crippen LogP contribution in [-0.2, 0) is 9.47 Å². The number of hydrogen-bond donors (Lipinski definition) is 1. The van der Waals surface area contributed by atoms with Crippen LogP contribution in [0.3, 0.4) is 0 Å². The van der Waals surface area contributed by atoms with Gasteiger partial charge < -0.3 is 14.8 Å². The van der Waals surface area contributed by atoms with Gasteiger partial charge in [0.2, 0.25) is 0 Å². The Balaban J connectivity index is 1.69. The Kier molecular flexibility index (Phi) is 9.66. The molecule has 1 fully saturated rings. The number of nitrogens with one attached hydrogen (secondary N) is 1. The fourth-order valence-electron chi connectivity index (χ4n) is 2.49. The van der Waals surface area contributed by atoms with E-state index in [0.29, 0.717) is 0 Å². The molecule has 0 aromatic rings. The van der Waals surface area contributed by atoms with Crippen LogP contribution in [0.4, 0.5) is 0 Å². The SMILES string of the molecule is COCCCOCCNCCCC1CCCC1. The largest absolute Gasteiger partial charge is 0.385 e. The van der Waals surface area contributed by atoms with Crippen LogP contribution in [-0.4, -0.2) is 40.0 Å². The zero-order chi connectivity index (χ0) is 12.2. The zero-order valence-electron chi connectivity index (χ0n) is 11.4. The van der Waals surface area contributed by atoms with Crippen LogP contribution < -0.4 is 5.32 Å². The minimum atomic E-state index is 0.800. The summed E-state index contributed by atoms with van der Waals surface area (Å²) in [7, 11) is 1.73. The highest BCUT2D eigenvalue weighted by atomic mass is 16.5. The first-order valence-corrected chi connectivity index (χ1v) is 7.21. The van der Waals surface area contributed by atoms with Crippen LogP contribution in [0.15, 0.2) is 0 Å². The Bertz CT molecular complexity index is 158. The fraction of sp³-hybridized carbons (Fsp3) is 1.00. The topological polar surface area (TPSA) is 30.5 Å². The van der Waals surface area contributed by atoms with E-state index in [9.17, 15) is 0 Å². The second-order valence-electron chi connectivity index (χ2n) is 5.00. The third-order valence-corrected chi connectivity index (χ3v) is 3.50. The summed E-state index contributed by atoms with van der Waals surface area (Å²) in [5.41, 5.74) is 0. The Morgan fingerprint density at radius 1 is 1.00 bits per heavy atom. The standard InChI is InChI=1S/C14H29NO2/c1-16-11-5-12-17-13-10-15-9-4-8-14-6-2-3-7-14/h14-15H,2-13H2,1H3. The lowest BCUT2D eigenvalue weighted by atomic mass is 10.0. The van der Waals surface area contributed by atoms with Gasteiger partial charge in [-0.05, 0) is 31.7 Å². The van der Waals surface area contributed by atoms with Crippen molar-refractivity contribution in [3.05, 3.63) is 0 Å². The molecule has 0 aromatic carbocycles. The molecule has 1 aliphatic carbocycles. The van der Waals surface area contributed by atoms with Gasteiger partial charge in [-0.3, -0.25) is 0 Å². The maximum Gasteiger partial charge on any atom is 0.0590 e. The molecule has 0 saturated heterocycles. The molecule has 0 unspecified atom stereocenters. The highest BCUT2D eigenvalue weighted by Crippen LogP contribution is 2.28. The molecule has 0 aromatic heterocycles. The lowest BCUT2D eigenvalue weighted by Crippen LogP contribution is -2.21. The summed E-state index contributed by atoms with van der Waals surface area (Å²) >= 11 is 0. The Morgan fingerprint density at radius 3 is 2.59 bits per heavy atom. The van der Waals surface area contributed by atoms with E-state index in [2.05, 4.69) is 5.32 Å². The molecular formula is C14H29NO2. The van der Waals surface area contributed by atoms with Crippen molar-refractivity contribution < 1.29 is 9.47 Å². The Morgan fingerprint density at radius 2 is 1.82 bits per heavy atom. The lowest BCUT2D eigenvalue weighted by Gasteiger charge is -2.09. The molecule has 1 aliphatic rings. The number of ether oxygens (including phenoxy) is 2. The van der Waals surface area contributed by atoms with E-state index in [1.807, 2.05) is 0 Å². The smallest absolute Gasteiger partial charge is 0.0590 e. The summed E-state index contributed by atoms with van der Waals surface area (Å²) in [6.45, 7) is 4.58. The van der Waals surface area contributed by atoms with Crippen LogP contribution in [0.2, 0.25) is 0 Å². The fourth-order valence-corrected chi connectivity index (χ4v) is 2.49. The predicted molar refractivity (Wildman–Crippen MR) is 71.4 cm³/mol. The first-order chi connectivity index (χ1) is 8.43. The molecule has 1 saturated carbocycles. The van der Waals surface area contributed by atoms with Gasteiger partial charge in [0.15, 0.2) is 0 Å². The summed E-state index contributed by atoms with van der Waals surface area (Å²) in [4.78, 5) is 0. The highest BCUT2D eigenvalue weighted by molar-refractivity contribution is 4.67. The molecule has 1 rings (SSSR count). The normalized spacial score (nSPS) is 16.8. The van der Waals surface area contributed by atoms with Crippen molar-refractivity contribution in [3.8, 4) is 0 Å². The molecule has 0 atom stereocenters. The minimum absolute atomic E-state index is 0.800. The van der Waals surface area contributed by atoms with Gasteiger partial charge in [0, 0.05) is 26.9 Å². The molecule has 17 heavy (non-hydrogen) atoms. The summed E-state index contributed by atoms with van der Waals surface area (Å²) in [6.07, 6.45) is 9.63. The zero-order valence-corrected chi connectivity index (χ0v) is 11.4. The maximum atomic E-state index is 5.47. The van der Waals surface area contributed by atoms with Gasteiger partial charge in [0.1, 0.15) is 0 Å². The van der Waals surface area contributed by atoms with E-state index < -0.39 is 0 Å². The van der Waals surface area contributed by atoms with E-state index in [1.165, 1.54) is 38.5 Å². The second kappa shape index (κ2) is 11.0. The van der Waals surface area contributed by atoms with Crippen LogP contribution in [0.5, 0.6) is 0 Å². The molecule has 0 bridgehead atoms. The molecule has 0 amide bonds. The third-order valence-electron chi connectivity index (χ3n) is 3.50. The number of rotatable bonds is 11. The van der Waals surface area contributed by atoms with Crippen LogP contribution in [0, 0.1) is 5.92 Å². The average molecular weight is 243 g/mol. The van der Waals surface area contributed by atoms with E-state index in [-0.39, 0.29) is 0 Å². The van der Waals surface area contributed by atoms with Crippen molar-refractivity contribution in [1.29, 1.82) is 0 Å². The van der Waals surface area contributed by atoms with Gasteiger partial charge in [-0.2, -0.15) is 0 Å². The van der Waals surface area contributed by atoms with Gasteiger partial charge in [-0.15, -0.1) is 0 Å². The molecule has 102 valence electrons. The summed E-state index contributed by atoms with van der Waals surface area (Å²) in [5.74, 6) is 1.03. The Labute approximate surface area is 106 Å². The van der Waals surface area contributed by atoms with Gasteiger partial charge in [0.05, 0.1) is 6.61 Å². The quantitative estimate of drug-likeness (QED) is 0.566. The van der Waals surface area contributed by atoms with Crippen molar-refractivity contribution in [1.82, 2.24) is 5.32 Å². The molecule has 3 heteroatoms. The van der Waals surface area contributed by atoms with Crippen molar-refractivity contribution in [2.45, 2.75) is 44.9 Å². The van der Waals surface area contributed by atoms with Crippen molar-refractivity contribution in [3.63, 3.8) is 0 Å².